The highest BCUT2D eigenvalue weighted by atomic mass is 32.2. The van der Waals surface area contributed by atoms with Crippen molar-refractivity contribution in [1.82, 2.24) is 4.90 Å². The Morgan fingerprint density at radius 3 is 2.17 bits per heavy atom. The summed E-state index contributed by atoms with van der Waals surface area (Å²) in [6.07, 6.45) is 0.990. The van der Waals surface area contributed by atoms with Gasteiger partial charge in [0, 0.05) is 12.1 Å². The van der Waals surface area contributed by atoms with Crippen LogP contribution in [0.2, 0.25) is 0 Å². The van der Waals surface area contributed by atoms with Gasteiger partial charge in [0.25, 0.3) is 5.91 Å². The van der Waals surface area contributed by atoms with Crippen LogP contribution in [-0.4, -0.2) is 43.6 Å². The average Bonchev–Trinajstić information content (AvgIpc) is 2.63. The highest BCUT2D eigenvalue weighted by Gasteiger charge is 2.27. The molecule has 2 aromatic carbocycles. The van der Waals surface area contributed by atoms with Crippen LogP contribution in [0.5, 0.6) is 0 Å². The smallest absolute Gasteiger partial charge is 0.340 e. The Balaban J connectivity index is 2.11. The van der Waals surface area contributed by atoms with Crippen molar-refractivity contribution in [3.8, 4) is 0 Å². The number of anilines is 1. The van der Waals surface area contributed by atoms with Gasteiger partial charge in [-0.2, -0.15) is 0 Å². The maximum atomic E-state index is 12.8. The van der Waals surface area contributed by atoms with Crippen LogP contribution in [0.25, 0.3) is 0 Å². The molecule has 7 nitrogen and oxygen atoms in total. The number of carbonyl (C=O) groups is 2. The summed E-state index contributed by atoms with van der Waals surface area (Å²) in [5, 5.41) is 0. The van der Waals surface area contributed by atoms with E-state index in [0.29, 0.717) is 6.54 Å². The summed E-state index contributed by atoms with van der Waals surface area (Å²) in [5.41, 5.74) is 0.625. The Morgan fingerprint density at radius 2 is 1.59 bits per heavy atom. The van der Waals surface area contributed by atoms with Gasteiger partial charge in [-0.25, -0.2) is 13.2 Å². The quantitative estimate of drug-likeness (QED) is 0.698. The molecule has 0 saturated carbocycles. The molecule has 0 heterocycles. The third-order valence-electron chi connectivity index (χ3n) is 4.06. The molecule has 0 aliphatic rings. The van der Waals surface area contributed by atoms with Crippen LogP contribution >= 0.6 is 0 Å². The van der Waals surface area contributed by atoms with Crippen LogP contribution in [0.3, 0.4) is 0 Å². The van der Waals surface area contributed by atoms with Crippen molar-refractivity contribution in [2.75, 3.05) is 17.6 Å². The molecule has 1 N–H and O–H groups in total. The van der Waals surface area contributed by atoms with Crippen LogP contribution < -0.4 is 4.72 Å². The number of hydrogen-bond donors (Lipinski definition) is 1. The summed E-state index contributed by atoms with van der Waals surface area (Å²) in [6.45, 7) is 5.64. The molecule has 0 spiro atoms. The zero-order valence-electron chi connectivity index (χ0n) is 17.0. The normalized spacial score (nSPS) is 11.6. The molecule has 156 valence electrons. The first-order chi connectivity index (χ1) is 13.5. The fourth-order valence-electron chi connectivity index (χ4n) is 2.70. The molecule has 0 aliphatic carbocycles. The molecule has 8 heteroatoms. The molecule has 0 aliphatic heterocycles. The molecule has 29 heavy (non-hydrogen) atoms. The summed E-state index contributed by atoms with van der Waals surface area (Å²) in [6, 6.07) is 15.6. The van der Waals surface area contributed by atoms with Crippen LogP contribution in [0, 0.1) is 0 Å². The lowest BCUT2D eigenvalue weighted by atomic mass is 10.0. The second-order valence-corrected chi connectivity index (χ2v) is 9.38. The van der Waals surface area contributed by atoms with Crippen molar-refractivity contribution in [3.63, 3.8) is 0 Å². The predicted molar refractivity (Wildman–Crippen MR) is 112 cm³/mol. The van der Waals surface area contributed by atoms with Gasteiger partial charge in [0.15, 0.2) is 6.61 Å². The van der Waals surface area contributed by atoms with Crippen LogP contribution in [-0.2, 0) is 26.1 Å². The second-order valence-electron chi connectivity index (χ2n) is 7.63. The van der Waals surface area contributed by atoms with Crippen LogP contribution in [0.4, 0.5) is 5.69 Å². The first kappa shape index (κ1) is 22.4. The molecular formula is C21H26N2O5S. The largest absolute Gasteiger partial charge is 0.452 e. The van der Waals surface area contributed by atoms with Crippen molar-refractivity contribution >= 4 is 27.6 Å². The minimum Gasteiger partial charge on any atom is -0.452 e. The van der Waals surface area contributed by atoms with Crippen molar-refractivity contribution in [2.45, 2.75) is 32.9 Å². The maximum Gasteiger partial charge on any atom is 0.340 e. The average molecular weight is 419 g/mol. The number of sulfonamides is 1. The van der Waals surface area contributed by atoms with E-state index in [1.54, 1.807) is 17.0 Å². The molecule has 0 unspecified atom stereocenters. The topological polar surface area (TPSA) is 92.8 Å². The van der Waals surface area contributed by atoms with Gasteiger partial charge in [-0.15, -0.1) is 0 Å². The molecular weight excluding hydrogens is 392 g/mol. The number of para-hydroxylation sites is 1. The Bertz CT molecular complexity index is 966. The number of benzene rings is 2. The molecule has 2 aromatic rings. The highest BCUT2D eigenvalue weighted by molar-refractivity contribution is 7.92. The monoisotopic (exact) mass is 418 g/mol. The Hall–Kier alpha value is -2.87. The standard InChI is InChI=1S/C21H26N2O5S/c1-21(2,3)23(14-16-10-6-5-7-11-16)19(24)15-28-20(25)17-12-8-9-13-18(17)22-29(4,26)27/h5-13,22H,14-15H2,1-4H3. The summed E-state index contributed by atoms with van der Waals surface area (Å²) < 4.78 is 30.4. The number of nitrogens with zero attached hydrogens (tertiary/aromatic N) is 1. The molecule has 2 rings (SSSR count). The third-order valence-corrected chi connectivity index (χ3v) is 4.65. The van der Waals surface area contributed by atoms with Crippen LogP contribution in [0.1, 0.15) is 36.7 Å². The van der Waals surface area contributed by atoms with Crippen LogP contribution in [0.15, 0.2) is 54.6 Å². The number of esters is 1. The van der Waals surface area contributed by atoms with Crippen molar-refractivity contribution in [3.05, 3.63) is 65.7 Å². The molecule has 0 aromatic heterocycles. The summed E-state index contributed by atoms with van der Waals surface area (Å²) in [4.78, 5) is 26.9. The molecule has 0 fully saturated rings. The summed E-state index contributed by atoms with van der Waals surface area (Å²) >= 11 is 0. The van der Waals surface area contributed by atoms with Gasteiger partial charge in [-0.1, -0.05) is 42.5 Å². The number of hydrogen-bond acceptors (Lipinski definition) is 5. The highest BCUT2D eigenvalue weighted by Crippen LogP contribution is 2.20. The van der Waals surface area contributed by atoms with Crippen molar-refractivity contribution < 1.29 is 22.7 Å². The second kappa shape index (κ2) is 9.09. The van der Waals surface area contributed by atoms with E-state index >= 15 is 0 Å². The van der Waals surface area contributed by atoms with Gasteiger partial charge in [-0.3, -0.25) is 9.52 Å². The van der Waals surface area contributed by atoms with Crippen molar-refractivity contribution in [1.29, 1.82) is 0 Å². The maximum absolute atomic E-state index is 12.8. The number of amides is 1. The molecule has 1 amide bonds. The molecule has 0 bridgehead atoms. The number of carbonyl (C=O) groups excluding carboxylic acids is 2. The first-order valence-corrected chi connectivity index (χ1v) is 10.9. The number of ether oxygens (including phenoxy) is 1. The van der Waals surface area contributed by atoms with Gasteiger partial charge >= 0.3 is 5.97 Å². The van der Waals surface area contributed by atoms with Gasteiger partial charge in [0.2, 0.25) is 10.0 Å². The Morgan fingerprint density at radius 1 is 1.00 bits per heavy atom. The molecule has 0 atom stereocenters. The van der Waals surface area contributed by atoms with E-state index in [-0.39, 0.29) is 17.2 Å². The zero-order valence-corrected chi connectivity index (χ0v) is 17.8. The third kappa shape index (κ3) is 6.90. The fraction of sp³-hybridized carbons (Fsp3) is 0.333. The fourth-order valence-corrected chi connectivity index (χ4v) is 3.28. The minimum atomic E-state index is -3.56. The van der Waals surface area contributed by atoms with E-state index in [1.807, 2.05) is 51.1 Å². The molecule has 0 saturated heterocycles. The van der Waals surface area contributed by atoms with E-state index in [0.717, 1.165) is 11.8 Å². The lowest BCUT2D eigenvalue weighted by Gasteiger charge is -2.35. The first-order valence-electron chi connectivity index (χ1n) is 9.06. The van der Waals surface area contributed by atoms with Gasteiger partial charge in [0.1, 0.15) is 0 Å². The summed E-state index contributed by atoms with van der Waals surface area (Å²) in [7, 11) is -3.56. The van der Waals surface area contributed by atoms with Crippen molar-refractivity contribution in [2.24, 2.45) is 0 Å². The van der Waals surface area contributed by atoms with E-state index in [9.17, 15) is 18.0 Å². The lowest BCUT2D eigenvalue weighted by Crippen LogP contribution is -2.46. The zero-order chi connectivity index (χ0) is 21.7. The SMILES string of the molecule is CC(C)(C)N(Cc1ccccc1)C(=O)COC(=O)c1ccccc1NS(C)(=O)=O. The van der Waals surface area contributed by atoms with E-state index in [4.69, 9.17) is 4.74 Å². The predicted octanol–water partition coefficient (Wildman–Crippen LogP) is 3.04. The molecule has 0 radical (unpaired) electrons. The summed E-state index contributed by atoms with van der Waals surface area (Å²) in [5.74, 6) is -1.12. The minimum absolute atomic E-state index is 0.0380. The Kier molecular flexibility index (Phi) is 7.02. The van der Waals surface area contributed by atoms with E-state index < -0.39 is 28.1 Å². The lowest BCUT2D eigenvalue weighted by molar-refractivity contribution is -0.140. The van der Waals surface area contributed by atoms with E-state index in [2.05, 4.69) is 4.72 Å². The van der Waals surface area contributed by atoms with Gasteiger partial charge in [0.05, 0.1) is 17.5 Å². The van der Waals surface area contributed by atoms with E-state index in [1.165, 1.54) is 12.1 Å². The van der Waals surface area contributed by atoms with Gasteiger partial charge < -0.3 is 9.64 Å². The Labute approximate surface area is 171 Å². The van der Waals surface area contributed by atoms with Gasteiger partial charge in [-0.05, 0) is 38.5 Å². The number of nitrogens with one attached hydrogen (secondary N) is 1. The number of rotatable bonds is 7.